The smallest absolute Gasteiger partial charge is 0.233 e. The van der Waals surface area contributed by atoms with Crippen molar-refractivity contribution < 1.29 is 4.39 Å². The van der Waals surface area contributed by atoms with Crippen LogP contribution in [0.25, 0.3) is 0 Å². The Balaban J connectivity index is 1.50. The fraction of sp³-hybridized carbons (Fsp3) is 0.333. The number of halogens is 2. The third-order valence-electron chi connectivity index (χ3n) is 4.38. The molecule has 1 atom stereocenters. The van der Waals surface area contributed by atoms with Crippen molar-refractivity contribution in [1.82, 2.24) is 25.1 Å². The van der Waals surface area contributed by atoms with E-state index >= 15 is 0 Å². The summed E-state index contributed by atoms with van der Waals surface area (Å²) in [5.74, 6) is 2.25. The van der Waals surface area contributed by atoms with Crippen molar-refractivity contribution in [3.05, 3.63) is 52.2 Å². The molecule has 0 bridgehead atoms. The molecule has 0 unspecified atom stereocenters. The second kappa shape index (κ2) is 7.11. The zero-order valence-electron chi connectivity index (χ0n) is 14.9. The SMILES string of the molecule is Cc1nc(Nc2cc(C3CC3)[nH]n2)nc(N[C@@H](C)c2ccc(F)cc2Cl)n1. The van der Waals surface area contributed by atoms with Crippen LogP contribution in [0.2, 0.25) is 5.02 Å². The Kier molecular flexibility index (Phi) is 4.65. The van der Waals surface area contributed by atoms with Crippen LogP contribution in [0.1, 0.15) is 48.8 Å². The topological polar surface area (TPSA) is 91.4 Å². The molecule has 0 amide bonds. The number of hydrogen-bond acceptors (Lipinski definition) is 6. The molecule has 2 aromatic heterocycles. The quantitative estimate of drug-likeness (QED) is 0.577. The minimum atomic E-state index is -0.372. The van der Waals surface area contributed by atoms with E-state index in [0.717, 1.165) is 11.3 Å². The van der Waals surface area contributed by atoms with Crippen molar-refractivity contribution in [3.63, 3.8) is 0 Å². The Morgan fingerprint density at radius 2 is 1.96 bits per heavy atom. The molecule has 0 radical (unpaired) electrons. The number of hydrogen-bond donors (Lipinski definition) is 3. The summed E-state index contributed by atoms with van der Waals surface area (Å²) in [7, 11) is 0. The molecule has 1 fully saturated rings. The molecular formula is C18H19ClFN7. The summed E-state index contributed by atoms with van der Waals surface area (Å²) in [6.07, 6.45) is 2.40. The molecule has 2 heterocycles. The molecule has 1 aliphatic carbocycles. The lowest BCUT2D eigenvalue weighted by molar-refractivity contribution is 0.626. The Hall–Kier alpha value is -2.74. The minimum absolute atomic E-state index is 0.209. The first-order valence-corrected chi connectivity index (χ1v) is 9.12. The first kappa shape index (κ1) is 17.7. The summed E-state index contributed by atoms with van der Waals surface area (Å²) in [4.78, 5) is 13.0. The van der Waals surface area contributed by atoms with E-state index in [9.17, 15) is 4.39 Å². The molecule has 27 heavy (non-hydrogen) atoms. The van der Waals surface area contributed by atoms with Crippen LogP contribution in [0.5, 0.6) is 0 Å². The summed E-state index contributed by atoms with van der Waals surface area (Å²) in [5, 5.41) is 13.9. The second-order valence-electron chi connectivity index (χ2n) is 6.67. The third-order valence-corrected chi connectivity index (χ3v) is 4.70. The van der Waals surface area contributed by atoms with Gasteiger partial charge in [0.2, 0.25) is 11.9 Å². The van der Waals surface area contributed by atoms with Gasteiger partial charge >= 0.3 is 0 Å². The van der Waals surface area contributed by atoms with E-state index < -0.39 is 0 Å². The van der Waals surface area contributed by atoms with E-state index in [1.165, 1.54) is 25.0 Å². The van der Waals surface area contributed by atoms with Gasteiger partial charge in [0, 0.05) is 22.7 Å². The Bertz CT molecular complexity index is 970. The highest BCUT2D eigenvalue weighted by Gasteiger charge is 2.25. The van der Waals surface area contributed by atoms with Gasteiger partial charge in [-0.25, -0.2) is 4.39 Å². The maximum absolute atomic E-state index is 13.3. The lowest BCUT2D eigenvalue weighted by Crippen LogP contribution is -2.12. The van der Waals surface area contributed by atoms with Crippen LogP contribution in [0.3, 0.4) is 0 Å². The summed E-state index contributed by atoms with van der Waals surface area (Å²) in [6.45, 7) is 3.69. The molecule has 140 valence electrons. The molecule has 1 aliphatic rings. The van der Waals surface area contributed by atoms with E-state index in [1.54, 1.807) is 13.0 Å². The molecule has 4 rings (SSSR count). The van der Waals surface area contributed by atoms with E-state index in [1.807, 2.05) is 13.0 Å². The van der Waals surface area contributed by atoms with Crippen molar-refractivity contribution in [3.8, 4) is 0 Å². The number of nitrogens with one attached hydrogen (secondary N) is 3. The average Bonchev–Trinajstić information content (AvgIpc) is 3.34. The third kappa shape index (κ3) is 4.16. The molecular weight excluding hydrogens is 369 g/mol. The van der Waals surface area contributed by atoms with E-state index in [-0.39, 0.29) is 11.9 Å². The van der Waals surface area contributed by atoms with Crippen molar-refractivity contribution in [2.75, 3.05) is 10.6 Å². The normalized spacial score (nSPS) is 14.8. The van der Waals surface area contributed by atoms with Gasteiger partial charge in [0.05, 0.1) is 6.04 Å². The van der Waals surface area contributed by atoms with Gasteiger partial charge in [-0.1, -0.05) is 17.7 Å². The molecule has 3 N–H and O–H groups in total. The van der Waals surface area contributed by atoms with Crippen LogP contribution in [-0.2, 0) is 0 Å². The first-order valence-electron chi connectivity index (χ1n) is 8.74. The highest BCUT2D eigenvalue weighted by atomic mass is 35.5. The van der Waals surface area contributed by atoms with Gasteiger partial charge in [-0.2, -0.15) is 20.1 Å². The summed E-state index contributed by atoms with van der Waals surface area (Å²) in [6, 6.07) is 6.08. The summed E-state index contributed by atoms with van der Waals surface area (Å²) in [5.41, 5.74) is 1.88. The molecule has 1 aromatic carbocycles. The van der Waals surface area contributed by atoms with Gasteiger partial charge in [0.1, 0.15) is 11.6 Å². The molecule has 0 aliphatic heterocycles. The van der Waals surface area contributed by atoms with E-state index in [4.69, 9.17) is 11.6 Å². The van der Waals surface area contributed by atoms with Crippen LogP contribution in [-0.4, -0.2) is 25.1 Å². The van der Waals surface area contributed by atoms with Crippen molar-refractivity contribution in [2.45, 2.75) is 38.6 Å². The molecule has 3 aromatic rings. The lowest BCUT2D eigenvalue weighted by atomic mass is 10.1. The largest absolute Gasteiger partial charge is 0.347 e. The number of benzene rings is 1. The summed E-state index contributed by atoms with van der Waals surface area (Å²) < 4.78 is 13.3. The molecule has 0 saturated heterocycles. The maximum atomic E-state index is 13.3. The standard InChI is InChI=1S/C18H19ClFN7/c1-9(13-6-5-12(20)7-14(13)19)21-17-22-10(2)23-18(25-17)24-16-8-15(26-27-16)11-3-4-11/h5-9,11H,3-4H2,1-2H3,(H3,21,22,23,24,25,26,27)/t9-/m0/s1. The maximum Gasteiger partial charge on any atom is 0.233 e. The molecule has 9 heteroatoms. The molecule has 0 spiro atoms. The predicted octanol–water partition coefficient (Wildman–Crippen LogP) is 4.49. The minimum Gasteiger partial charge on any atom is -0.347 e. The molecule has 1 saturated carbocycles. The monoisotopic (exact) mass is 387 g/mol. The number of rotatable bonds is 6. The van der Waals surface area contributed by atoms with Gasteiger partial charge in [-0.15, -0.1) is 0 Å². The van der Waals surface area contributed by atoms with Crippen LogP contribution < -0.4 is 10.6 Å². The Labute approximate surface area is 160 Å². The van der Waals surface area contributed by atoms with E-state index in [2.05, 4.69) is 35.8 Å². The number of aromatic amines is 1. The second-order valence-corrected chi connectivity index (χ2v) is 7.08. The Morgan fingerprint density at radius 1 is 1.19 bits per heavy atom. The zero-order valence-corrected chi connectivity index (χ0v) is 15.7. The van der Waals surface area contributed by atoms with Crippen LogP contribution in [0.15, 0.2) is 24.3 Å². The number of aryl methyl sites for hydroxylation is 1. The van der Waals surface area contributed by atoms with Crippen LogP contribution in [0, 0.1) is 12.7 Å². The fourth-order valence-corrected chi connectivity index (χ4v) is 3.18. The Morgan fingerprint density at radius 3 is 2.70 bits per heavy atom. The van der Waals surface area contributed by atoms with Gasteiger partial charge < -0.3 is 10.6 Å². The lowest BCUT2D eigenvalue weighted by Gasteiger charge is -2.16. The zero-order chi connectivity index (χ0) is 19.0. The van der Waals surface area contributed by atoms with Gasteiger partial charge in [-0.05, 0) is 44.4 Å². The van der Waals surface area contributed by atoms with E-state index in [0.29, 0.717) is 34.5 Å². The van der Waals surface area contributed by atoms with Crippen LogP contribution in [0.4, 0.5) is 22.1 Å². The van der Waals surface area contributed by atoms with Crippen molar-refractivity contribution in [1.29, 1.82) is 0 Å². The van der Waals surface area contributed by atoms with Gasteiger partial charge in [0.25, 0.3) is 0 Å². The van der Waals surface area contributed by atoms with Crippen LogP contribution >= 0.6 is 11.6 Å². The number of anilines is 3. The highest BCUT2D eigenvalue weighted by molar-refractivity contribution is 6.31. The summed E-state index contributed by atoms with van der Waals surface area (Å²) >= 11 is 6.14. The predicted molar refractivity (Wildman–Crippen MR) is 102 cm³/mol. The molecule has 7 nitrogen and oxygen atoms in total. The fourth-order valence-electron chi connectivity index (χ4n) is 2.85. The van der Waals surface area contributed by atoms with Crippen molar-refractivity contribution >= 4 is 29.3 Å². The van der Waals surface area contributed by atoms with Crippen molar-refractivity contribution in [2.24, 2.45) is 0 Å². The van der Waals surface area contributed by atoms with Gasteiger partial charge in [0.15, 0.2) is 5.82 Å². The number of nitrogens with zero attached hydrogens (tertiary/aromatic N) is 4. The number of aromatic nitrogens is 5. The number of H-pyrrole nitrogens is 1. The van der Waals surface area contributed by atoms with Gasteiger partial charge in [-0.3, -0.25) is 5.10 Å². The highest BCUT2D eigenvalue weighted by Crippen LogP contribution is 2.39. The average molecular weight is 388 g/mol. The first-order chi connectivity index (χ1) is 13.0.